The Morgan fingerprint density at radius 1 is 1.67 bits per heavy atom. The van der Waals surface area contributed by atoms with Crippen molar-refractivity contribution in [2.45, 2.75) is 25.5 Å². The van der Waals surface area contributed by atoms with Crippen LogP contribution in [0.3, 0.4) is 0 Å². The van der Waals surface area contributed by atoms with E-state index in [1.165, 1.54) is 7.11 Å². The third kappa shape index (κ3) is 4.15. The van der Waals surface area contributed by atoms with Crippen LogP contribution in [0.25, 0.3) is 0 Å². The van der Waals surface area contributed by atoms with E-state index in [-0.39, 0.29) is 18.1 Å². The summed E-state index contributed by atoms with van der Waals surface area (Å²) in [6.45, 7) is 4.36. The number of rotatable bonds is 6. The van der Waals surface area contributed by atoms with Crippen molar-refractivity contribution in [2.75, 3.05) is 33.5 Å². The molecule has 5 heteroatoms. The molecule has 0 spiro atoms. The number of hydrogen-bond acceptors (Lipinski definition) is 5. The van der Waals surface area contributed by atoms with Gasteiger partial charge >= 0.3 is 5.97 Å². The Bertz CT molecular complexity index is 192. The van der Waals surface area contributed by atoms with Gasteiger partial charge in [0.25, 0.3) is 0 Å². The topological polar surface area (TPSA) is 56.8 Å². The quantitative estimate of drug-likeness (QED) is 0.632. The van der Waals surface area contributed by atoms with E-state index in [2.05, 4.69) is 10.1 Å². The van der Waals surface area contributed by atoms with Crippen molar-refractivity contribution in [2.24, 2.45) is 0 Å². The van der Waals surface area contributed by atoms with Crippen molar-refractivity contribution in [1.29, 1.82) is 0 Å². The fraction of sp³-hybridized carbons (Fsp3) is 0.900. The molecule has 0 aromatic rings. The van der Waals surface area contributed by atoms with E-state index in [1.54, 1.807) is 0 Å². The van der Waals surface area contributed by atoms with E-state index >= 15 is 0 Å². The summed E-state index contributed by atoms with van der Waals surface area (Å²) < 4.78 is 15.4. The number of methoxy groups -OCH3 is 1. The number of carbonyl (C=O) groups excluding carboxylic acids is 1. The molecule has 5 nitrogen and oxygen atoms in total. The maximum atomic E-state index is 11.3. The van der Waals surface area contributed by atoms with Gasteiger partial charge in [-0.1, -0.05) is 6.92 Å². The number of nitrogens with one attached hydrogen (secondary N) is 1. The van der Waals surface area contributed by atoms with E-state index in [0.717, 1.165) is 13.0 Å². The zero-order valence-corrected chi connectivity index (χ0v) is 9.32. The Hall–Kier alpha value is -0.650. The number of esters is 1. The highest BCUT2D eigenvalue weighted by Crippen LogP contribution is 2.08. The zero-order valence-electron chi connectivity index (χ0n) is 9.32. The molecule has 1 aliphatic heterocycles. The minimum Gasteiger partial charge on any atom is -0.468 e. The van der Waals surface area contributed by atoms with Crippen LogP contribution in [0, 0.1) is 0 Å². The van der Waals surface area contributed by atoms with Crippen LogP contribution in [0.15, 0.2) is 0 Å². The summed E-state index contributed by atoms with van der Waals surface area (Å²) in [6, 6.07) is -0.374. The minimum atomic E-state index is -0.374. The third-order valence-corrected chi connectivity index (χ3v) is 2.32. The first-order valence-corrected chi connectivity index (χ1v) is 5.28. The summed E-state index contributed by atoms with van der Waals surface area (Å²) in [4.78, 5) is 11.3. The van der Waals surface area contributed by atoms with E-state index in [4.69, 9.17) is 9.47 Å². The predicted molar refractivity (Wildman–Crippen MR) is 54.7 cm³/mol. The highest BCUT2D eigenvalue weighted by Gasteiger charge is 2.22. The highest BCUT2D eigenvalue weighted by molar-refractivity contribution is 5.75. The SMILES string of the molecule is CCNC(COC1CCOC1)C(=O)OC. The molecule has 1 N–H and O–H groups in total. The monoisotopic (exact) mass is 217 g/mol. The van der Waals surface area contributed by atoms with Crippen LogP contribution in [0.4, 0.5) is 0 Å². The number of hydrogen-bond donors (Lipinski definition) is 1. The molecule has 0 radical (unpaired) electrons. The largest absolute Gasteiger partial charge is 0.468 e. The first-order valence-electron chi connectivity index (χ1n) is 5.28. The van der Waals surface area contributed by atoms with E-state index < -0.39 is 0 Å². The molecule has 1 saturated heterocycles. The van der Waals surface area contributed by atoms with Crippen molar-refractivity contribution in [3.63, 3.8) is 0 Å². The van der Waals surface area contributed by atoms with Crippen LogP contribution in [0.5, 0.6) is 0 Å². The number of carbonyl (C=O) groups is 1. The molecule has 2 unspecified atom stereocenters. The van der Waals surface area contributed by atoms with Crippen molar-refractivity contribution < 1.29 is 19.0 Å². The first kappa shape index (κ1) is 12.4. The molecule has 0 bridgehead atoms. The third-order valence-electron chi connectivity index (χ3n) is 2.32. The normalized spacial score (nSPS) is 22.7. The van der Waals surface area contributed by atoms with Gasteiger partial charge in [0.15, 0.2) is 0 Å². The van der Waals surface area contributed by atoms with Crippen molar-refractivity contribution in [1.82, 2.24) is 5.32 Å². The fourth-order valence-corrected chi connectivity index (χ4v) is 1.48. The second-order valence-electron chi connectivity index (χ2n) is 3.45. The van der Waals surface area contributed by atoms with Crippen molar-refractivity contribution >= 4 is 5.97 Å². The molecule has 2 atom stereocenters. The molecule has 0 aliphatic carbocycles. The van der Waals surface area contributed by atoms with Crippen molar-refractivity contribution in [3.8, 4) is 0 Å². The summed E-state index contributed by atoms with van der Waals surface area (Å²) in [5, 5.41) is 3.02. The van der Waals surface area contributed by atoms with Gasteiger partial charge in [0.1, 0.15) is 6.04 Å². The van der Waals surface area contributed by atoms with E-state index in [9.17, 15) is 4.79 Å². The van der Waals surface area contributed by atoms with Gasteiger partial charge in [-0.25, -0.2) is 0 Å². The molecule has 0 amide bonds. The molecule has 1 aliphatic rings. The summed E-state index contributed by atoms with van der Waals surface area (Å²) in [5.41, 5.74) is 0. The molecule has 15 heavy (non-hydrogen) atoms. The average molecular weight is 217 g/mol. The van der Waals surface area contributed by atoms with Gasteiger partial charge in [-0.3, -0.25) is 4.79 Å². The fourth-order valence-electron chi connectivity index (χ4n) is 1.48. The van der Waals surface area contributed by atoms with Gasteiger partial charge < -0.3 is 19.5 Å². The van der Waals surface area contributed by atoms with Gasteiger partial charge in [-0.05, 0) is 13.0 Å². The van der Waals surface area contributed by atoms with Crippen LogP contribution in [-0.4, -0.2) is 51.6 Å². The molecular weight excluding hydrogens is 198 g/mol. The molecular formula is C10H19NO4. The smallest absolute Gasteiger partial charge is 0.325 e. The Kier molecular flexibility index (Phi) is 5.60. The molecule has 1 rings (SSSR count). The van der Waals surface area contributed by atoms with E-state index in [0.29, 0.717) is 19.8 Å². The second kappa shape index (κ2) is 6.76. The lowest BCUT2D eigenvalue weighted by Crippen LogP contribution is -2.42. The Labute approximate surface area is 90.1 Å². The molecule has 0 saturated carbocycles. The maximum absolute atomic E-state index is 11.3. The highest BCUT2D eigenvalue weighted by atomic mass is 16.6. The van der Waals surface area contributed by atoms with Crippen LogP contribution < -0.4 is 5.32 Å². The summed E-state index contributed by atoms with van der Waals surface area (Å²) >= 11 is 0. The Morgan fingerprint density at radius 3 is 3.00 bits per heavy atom. The molecule has 0 aromatic carbocycles. The zero-order chi connectivity index (χ0) is 11.1. The average Bonchev–Trinajstić information content (AvgIpc) is 2.76. The number of likely N-dealkylation sites (N-methyl/N-ethyl adjacent to an activating group) is 1. The van der Waals surface area contributed by atoms with E-state index in [1.807, 2.05) is 6.92 Å². The van der Waals surface area contributed by atoms with Crippen LogP contribution in [0.1, 0.15) is 13.3 Å². The summed E-state index contributed by atoms with van der Waals surface area (Å²) in [7, 11) is 1.38. The lowest BCUT2D eigenvalue weighted by Gasteiger charge is -2.17. The molecule has 88 valence electrons. The van der Waals surface area contributed by atoms with Gasteiger partial charge in [0.05, 0.1) is 26.4 Å². The standard InChI is InChI=1S/C10H19NO4/c1-3-11-9(10(12)13-2)7-15-8-4-5-14-6-8/h8-9,11H,3-7H2,1-2H3. The first-order chi connectivity index (χ1) is 7.27. The summed E-state index contributed by atoms with van der Waals surface area (Å²) in [5.74, 6) is -0.282. The summed E-state index contributed by atoms with van der Waals surface area (Å²) in [6.07, 6.45) is 1.02. The van der Waals surface area contributed by atoms with Crippen molar-refractivity contribution in [3.05, 3.63) is 0 Å². The molecule has 1 heterocycles. The van der Waals surface area contributed by atoms with Gasteiger partial charge in [-0.2, -0.15) is 0 Å². The van der Waals surface area contributed by atoms with Gasteiger partial charge in [-0.15, -0.1) is 0 Å². The second-order valence-corrected chi connectivity index (χ2v) is 3.45. The van der Waals surface area contributed by atoms with Gasteiger partial charge in [0, 0.05) is 6.61 Å². The minimum absolute atomic E-state index is 0.121. The number of ether oxygens (including phenoxy) is 3. The maximum Gasteiger partial charge on any atom is 0.325 e. The van der Waals surface area contributed by atoms with Crippen LogP contribution in [-0.2, 0) is 19.0 Å². The Morgan fingerprint density at radius 2 is 2.47 bits per heavy atom. The lowest BCUT2D eigenvalue weighted by atomic mass is 10.3. The predicted octanol–water partition coefficient (Wildman–Crippen LogP) is -0.0570. The van der Waals surface area contributed by atoms with Gasteiger partial charge in [0.2, 0.25) is 0 Å². The Balaban J connectivity index is 2.26. The molecule has 1 fully saturated rings. The van der Waals surface area contributed by atoms with Crippen LogP contribution >= 0.6 is 0 Å². The van der Waals surface area contributed by atoms with Crippen LogP contribution in [0.2, 0.25) is 0 Å². The molecule has 0 aromatic heterocycles. The lowest BCUT2D eigenvalue weighted by molar-refractivity contribution is -0.145.